The van der Waals surface area contributed by atoms with E-state index >= 15 is 0 Å². The number of carbonyl (C=O) groups excluding carboxylic acids is 2. The van der Waals surface area contributed by atoms with Crippen molar-refractivity contribution in [2.75, 3.05) is 26.2 Å². The fourth-order valence-corrected chi connectivity index (χ4v) is 2.93. The molecule has 1 atom stereocenters. The van der Waals surface area contributed by atoms with Crippen molar-refractivity contribution in [1.82, 2.24) is 10.2 Å². The Labute approximate surface area is 131 Å². The van der Waals surface area contributed by atoms with Crippen LogP contribution in [-0.4, -0.2) is 55.0 Å². The van der Waals surface area contributed by atoms with Gasteiger partial charge in [-0.05, 0) is 31.9 Å². The maximum Gasteiger partial charge on any atom is 0.278 e. The molecule has 3 rings (SSSR count). The van der Waals surface area contributed by atoms with Gasteiger partial charge >= 0.3 is 0 Å². The lowest BCUT2D eigenvalue weighted by molar-refractivity contribution is -0.917. The standard InChI is InChI=1S/C17H23N3O2/c1-13(16(21)18-15-7-8-15)19-9-11-20(12-10-19)17(22)14-5-3-2-4-6-14/h2-6,13,15H,7-12H2,1H3,(H,18,21)/p+1/t13-/m1/s1. The molecule has 1 aliphatic heterocycles. The summed E-state index contributed by atoms with van der Waals surface area (Å²) in [5.74, 6) is 0.245. The summed E-state index contributed by atoms with van der Waals surface area (Å²) in [7, 11) is 0. The van der Waals surface area contributed by atoms with Gasteiger partial charge in [0.05, 0.1) is 26.2 Å². The van der Waals surface area contributed by atoms with Crippen LogP contribution in [0.5, 0.6) is 0 Å². The maximum absolute atomic E-state index is 12.4. The molecule has 0 unspecified atom stereocenters. The van der Waals surface area contributed by atoms with Crippen molar-refractivity contribution in [3.8, 4) is 0 Å². The van der Waals surface area contributed by atoms with Gasteiger partial charge in [0.2, 0.25) is 0 Å². The number of carbonyl (C=O) groups is 2. The van der Waals surface area contributed by atoms with Crippen molar-refractivity contribution < 1.29 is 14.5 Å². The largest absolute Gasteiger partial charge is 0.348 e. The zero-order valence-corrected chi connectivity index (χ0v) is 13.0. The molecule has 0 spiro atoms. The van der Waals surface area contributed by atoms with Crippen LogP contribution in [-0.2, 0) is 4.79 Å². The summed E-state index contributed by atoms with van der Waals surface area (Å²) in [4.78, 5) is 27.7. The van der Waals surface area contributed by atoms with Crippen LogP contribution >= 0.6 is 0 Å². The molecule has 2 amide bonds. The Morgan fingerprint density at radius 2 is 1.82 bits per heavy atom. The number of nitrogens with zero attached hydrogens (tertiary/aromatic N) is 1. The maximum atomic E-state index is 12.4. The van der Waals surface area contributed by atoms with Crippen molar-refractivity contribution in [3.63, 3.8) is 0 Å². The minimum absolute atomic E-state index is 0.0328. The van der Waals surface area contributed by atoms with Crippen LogP contribution in [0.3, 0.4) is 0 Å². The van der Waals surface area contributed by atoms with Gasteiger partial charge in [-0.2, -0.15) is 0 Å². The highest BCUT2D eigenvalue weighted by atomic mass is 16.2. The third-order valence-corrected chi connectivity index (χ3v) is 4.64. The molecule has 1 aromatic rings. The second-order valence-electron chi connectivity index (χ2n) is 6.32. The van der Waals surface area contributed by atoms with Crippen molar-refractivity contribution in [3.05, 3.63) is 35.9 Å². The smallest absolute Gasteiger partial charge is 0.278 e. The molecule has 5 heteroatoms. The fourth-order valence-electron chi connectivity index (χ4n) is 2.93. The summed E-state index contributed by atoms with van der Waals surface area (Å²) in [5, 5.41) is 3.07. The Hall–Kier alpha value is -1.88. The van der Waals surface area contributed by atoms with Crippen molar-refractivity contribution in [2.24, 2.45) is 0 Å². The van der Waals surface area contributed by atoms with Gasteiger partial charge < -0.3 is 15.1 Å². The van der Waals surface area contributed by atoms with Gasteiger partial charge in [-0.15, -0.1) is 0 Å². The molecule has 2 fully saturated rings. The molecule has 2 N–H and O–H groups in total. The first-order valence-electron chi connectivity index (χ1n) is 8.14. The van der Waals surface area contributed by atoms with E-state index in [0.717, 1.165) is 31.5 Å². The van der Waals surface area contributed by atoms with E-state index in [1.165, 1.54) is 4.90 Å². The molecule has 0 bridgehead atoms. The Morgan fingerprint density at radius 3 is 2.41 bits per heavy atom. The summed E-state index contributed by atoms with van der Waals surface area (Å²) in [5.41, 5.74) is 0.741. The number of hydrogen-bond donors (Lipinski definition) is 2. The van der Waals surface area contributed by atoms with Crippen molar-refractivity contribution in [1.29, 1.82) is 0 Å². The van der Waals surface area contributed by atoms with Gasteiger partial charge in [-0.25, -0.2) is 0 Å². The normalized spacial score (nSPS) is 20.5. The minimum atomic E-state index is -0.0328. The second kappa shape index (κ2) is 6.48. The Bertz CT molecular complexity index is 534. The molecule has 0 radical (unpaired) electrons. The lowest BCUT2D eigenvalue weighted by Crippen LogP contribution is -3.19. The SMILES string of the molecule is C[C@H](C(=O)NC1CC1)[NH+]1CCN(C(=O)c2ccccc2)CC1. The van der Waals surface area contributed by atoms with E-state index in [0.29, 0.717) is 19.1 Å². The number of amides is 2. The van der Waals surface area contributed by atoms with Crippen molar-refractivity contribution in [2.45, 2.75) is 31.8 Å². The summed E-state index contributed by atoms with van der Waals surface area (Å²) >= 11 is 0. The van der Waals surface area contributed by atoms with E-state index in [1.54, 1.807) is 0 Å². The number of quaternary nitrogens is 1. The van der Waals surface area contributed by atoms with Crippen LogP contribution < -0.4 is 10.2 Å². The molecule has 1 heterocycles. The van der Waals surface area contributed by atoms with E-state index in [-0.39, 0.29) is 17.9 Å². The average Bonchev–Trinajstić information content (AvgIpc) is 3.38. The molecule has 22 heavy (non-hydrogen) atoms. The van der Waals surface area contributed by atoms with Gasteiger partial charge in [0.15, 0.2) is 6.04 Å². The highest BCUT2D eigenvalue weighted by Gasteiger charge is 2.33. The monoisotopic (exact) mass is 302 g/mol. The number of hydrogen-bond acceptors (Lipinski definition) is 2. The topological polar surface area (TPSA) is 53.9 Å². The number of nitrogens with one attached hydrogen (secondary N) is 2. The molecular formula is C17H24N3O2+. The Morgan fingerprint density at radius 1 is 1.18 bits per heavy atom. The van der Waals surface area contributed by atoms with E-state index in [1.807, 2.05) is 42.2 Å². The average molecular weight is 302 g/mol. The number of piperazine rings is 1. The van der Waals surface area contributed by atoms with Crippen LogP contribution in [0, 0.1) is 0 Å². The highest BCUT2D eigenvalue weighted by Crippen LogP contribution is 2.18. The Kier molecular flexibility index (Phi) is 4.43. The molecule has 1 aromatic carbocycles. The van der Waals surface area contributed by atoms with E-state index in [2.05, 4.69) is 5.32 Å². The zero-order valence-electron chi connectivity index (χ0n) is 13.0. The van der Waals surface area contributed by atoms with E-state index < -0.39 is 0 Å². The second-order valence-corrected chi connectivity index (χ2v) is 6.32. The lowest BCUT2D eigenvalue weighted by Gasteiger charge is -2.34. The van der Waals surface area contributed by atoms with Crippen LogP contribution in [0.25, 0.3) is 0 Å². The van der Waals surface area contributed by atoms with Crippen molar-refractivity contribution >= 4 is 11.8 Å². The third-order valence-electron chi connectivity index (χ3n) is 4.64. The number of rotatable bonds is 4. The first kappa shape index (κ1) is 15.0. The molecule has 2 aliphatic rings. The summed E-state index contributed by atoms with van der Waals surface area (Å²) in [6.07, 6.45) is 2.24. The summed E-state index contributed by atoms with van der Waals surface area (Å²) in [6.45, 7) is 5.07. The molecule has 1 saturated heterocycles. The van der Waals surface area contributed by atoms with Crippen LogP contribution in [0.15, 0.2) is 30.3 Å². The van der Waals surface area contributed by atoms with Gasteiger partial charge in [0.1, 0.15) is 0 Å². The molecular weight excluding hydrogens is 278 g/mol. The molecule has 1 saturated carbocycles. The fraction of sp³-hybridized carbons (Fsp3) is 0.529. The van der Waals surface area contributed by atoms with Gasteiger partial charge in [0.25, 0.3) is 11.8 Å². The molecule has 1 aliphatic carbocycles. The van der Waals surface area contributed by atoms with E-state index in [9.17, 15) is 9.59 Å². The molecule has 5 nitrogen and oxygen atoms in total. The quantitative estimate of drug-likeness (QED) is 0.802. The third kappa shape index (κ3) is 3.47. The summed E-state index contributed by atoms with van der Waals surface area (Å²) < 4.78 is 0. The molecule has 0 aromatic heterocycles. The van der Waals surface area contributed by atoms with Crippen LogP contribution in [0.4, 0.5) is 0 Å². The first-order valence-corrected chi connectivity index (χ1v) is 8.14. The van der Waals surface area contributed by atoms with Crippen LogP contribution in [0.2, 0.25) is 0 Å². The predicted molar refractivity (Wildman–Crippen MR) is 83.7 cm³/mol. The lowest BCUT2D eigenvalue weighted by atomic mass is 10.1. The van der Waals surface area contributed by atoms with Crippen LogP contribution in [0.1, 0.15) is 30.1 Å². The minimum Gasteiger partial charge on any atom is -0.348 e. The van der Waals surface area contributed by atoms with Gasteiger partial charge in [0, 0.05) is 11.6 Å². The van der Waals surface area contributed by atoms with Gasteiger partial charge in [-0.1, -0.05) is 18.2 Å². The zero-order chi connectivity index (χ0) is 15.5. The van der Waals surface area contributed by atoms with Gasteiger partial charge in [-0.3, -0.25) is 9.59 Å². The summed E-state index contributed by atoms with van der Waals surface area (Å²) in [6, 6.07) is 9.78. The van der Waals surface area contributed by atoms with E-state index in [4.69, 9.17) is 0 Å². The first-order chi connectivity index (χ1) is 10.6. The number of benzene rings is 1. The predicted octanol–water partition coefficient (Wildman–Crippen LogP) is -0.306. The Balaban J connectivity index is 1.51. The molecule has 118 valence electrons. The highest BCUT2D eigenvalue weighted by molar-refractivity contribution is 5.94.